The molecule has 0 saturated carbocycles. The van der Waals surface area contributed by atoms with Crippen molar-refractivity contribution < 1.29 is 15.1 Å². The van der Waals surface area contributed by atoms with E-state index in [9.17, 15) is 0 Å². The zero-order chi connectivity index (χ0) is 3.54. The summed E-state index contributed by atoms with van der Waals surface area (Å²) in [7, 11) is 0. The second-order valence-electron chi connectivity index (χ2n) is 0.998. The first-order valence-electron chi connectivity index (χ1n) is 1.74. The minimum Gasteiger partial charge on any atom is -0.412 e. The average molecular weight is 126 g/mol. The maximum absolute atomic E-state index is 4.86. The van der Waals surface area contributed by atoms with Crippen molar-refractivity contribution in [3.05, 3.63) is 0 Å². The van der Waals surface area contributed by atoms with Crippen molar-refractivity contribution in [2.24, 2.45) is 0 Å². The van der Waals surface area contributed by atoms with Gasteiger partial charge in [0.1, 0.15) is 0 Å². The molecule has 0 unspecified atom stereocenters. The van der Waals surface area contributed by atoms with Crippen LogP contribution in [-0.2, 0) is 4.18 Å². The quantitative estimate of drug-likeness (QED) is 0.407. The molecule has 1 aliphatic rings. The van der Waals surface area contributed by atoms with Crippen LogP contribution >= 0.6 is 12.0 Å². The van der Waals surface area contributed by atoms with Gasteiger partial charge in [-0.25, -0.2) is 0 Å². The summed E-state index contributed by atoms with van der Waals surface area (Å²) in [5.74, 6) is 1.19. The van der Waals surface area contributed by atoms with Crippen LogP contribution in [0.15, 0.2) is 0 Å². The van der Waals surface area contributed by atoms with Gasteiger partial charge in [-0.15, -0.1) is 0 Å². The third kappa shape index (κ3) is 4.08. The fourth-order valence-electron chi connectivity index (χ4n) is 0.295. The lowest BCUT2D eigenvalue weighted by Gasteiger charge is -1.74. The smallest absolute Gasteiger partial charge is 0.0622 e. The Labute approximate surface area is 46.9 Å². The minimum atomic E-state index is 0. The van der Waals surface area contributed by atoms with Gasteiger partial charge in [-0.3, -0.25) is 0 Å². The first-order chi connectivity index (χ1) is 2.50. The summed E-state index contributed by atoms with van der Waals surface area (Å²) in [5, 5.41) is 0. The molecule has 7 heavy (non-hydrogen) atoms. The molecule has 0 bridgehead atoms. The summed E-state index contributed by atoms with van der Waals surface area (Å²) in [6, 6.07) is 0. The van der Waals surface area contributed by atoms with Crippen LogP contribution in [0.4, 0.5) is 0 Å². The van der Waals surface area contributed by atoms with Gasteiger partial charge in [0.15, 0.2) is 0 Å². The standard InChI is InChI=1S/C3H6OS.2H2O/c1-2-4-5-3-1;;/h1-3H2;2*1H2. The van der Waals surface area contributed by atoms with E-state index in [4.69, 9.17) is 4.18 Å². The SMILES string of the molecule is C1COSC1.O.O. The van der Waals surface area contributed by atoms with Gasteiger partial charge in [0.05, 0.1) is 6.61 Å². The van der Waals surface area contributed by atoms with Gasteiger partial charge in [-0.05, 0) is 18.5 Å². The molecule has 0 amide bonds. The van der Waals surface area contributed by atoms with Crippen molar-refractivity contribution in [1.82, 2.24) is 0 Å². The molecule has 1 saturated heterocycles. The van der Waals surface area contributed by atoms with Crippen LogP contribution in [0.3, 0.4) is 0 Å². The Balaban J connectivity index is 0. The lowest BCUT2D eigenvalue weighted by atomic mass is 10.5. The lowest BCUT2D eigenvalue weighted by molar-refractivity contribution is 0.404. The van der Waals surface area contributed by atoms with Gasteiger partial charge in [-0.1, -0.05) is 0 Å². The zero-order valence-corrected chi connectivity index (χ0v) is 4.75. The fraction of sp³-hybridized carbons (Fsp3) is 1.00. The van der Waals surface area contributed by atoms with E-state index in [-0.39, 0.29) is 11.0 Å². The highest BCUT2D eigenvalue weighted by Gasteiger charge is 1.96. The molecule has 3 nitrogen and oxygen atoms in total. The maximum atomic E-state index is 4.86. The molecule has 4 heteroatoms. The number of hydrogen-bond acceptors (Lipinski definition) is 2. The van der Waals surface area contributed by atoms with Crippen molar-refractivity contribution in [2.75, 3.05) is 12.4 Å². The first kappa shape index (κ1) is 10.3. The monoisotopic (exact) mass is 126 g/mol. The highest BCUT2D eigenvalue weighted by molar-refractivity contribution is 7.94. The topological polar surface area (TPSA) is 72.2 Å². The van der Waals surface area contributed by atoms with Crippen molar-refractivity contribution in [3.8, 4) is 0 Å². The minimum absolute atomic E-state index is 0. The summed E-state index contributed by atoms with van der Waals surface area (Å²) in [5.41, 5.74) is 0. The van der Waals surface area contributed by atoms with E-state index in [0.29, 0.717) is 0 Å². The molecule has 46 valence electrons. The summed E-state index contributed by atoms with van der Waals surface area (Å²) in [6.45, 7) is 0.963. The Bertz CT molecular complexity index is 21.8. The molecule has 0 atom stereocenters. The highest BCUT2D eigenvalue weighted by atomic mass is 32.2. The van der Waals surface area contributed by atoms with E-state index in [1.165, 1.54) is 12.2 Å². The second-order valence-corrected chi connectivity index (χ2v) is 1.88. The molecule has 0 aromatic rings. The second kappa shape index (κ2) is 6.23. The lowest BCUT2D eigenvalue weighted by Crippen LogP contribution is -1.69. The number of rotatable bonds is 0. The van der Waals surface area contributed by atoms with Gasteiger partial charge < -0.3 is 15.1 Å². The summed E-state index contributed by atoms with van der Waals surface area (Å²) in [4.78, 5) is 0. The van der Waals surface area contributed by atoms with Crippen molar-refractivity contribution >= 4 is 12.0 Å². The van der Waals surface area contributed by atoms with Crippen LogP contribution in [0.5, 0.6) is 0 Å². The van der Waals surface area contributed by atoms with Crippen molar-refractivity contribution in [3.63, 3.8) is 0 Å². The molecule has 1 heterocycles. The Morgan fingerprint density at radius 1 is 1.29 bits per heavy atom. The van der Waals surface area contributed by atoms with Crippen molar-refractivity contribution in [1.29, 1.82) is 0 Å². The molecule has 4 N–H and O–H groups in total. The largest absolute Gasteiger partial charge is 0.412 e. The molecular formula is C3H10O3S. The van der Waals surface area contributed by atoms with Crippen LogP contribution in [0, 0.1) is 0 Å². The molecular weight excluding hydrogens is 116 g/mol. The van der Waals surface area contributed by atoms with E-state index in [2.05, 4.69) is 0 Å². The van der Waals surface area contributed by atoms with E-state index in [0.717, 1.165) is 6.61 Å². The first-order valence-corrected chi connectivity index (χ1v) is 2.65. The van der Waals surface area contributed by atoms with E-state index in [1.807, 2.05) is 0 Å². The van der Waals surface area contributed by atoms with Gasteiger partial charge >= 0.3 is 0 Å². The predicted octanol–water partition coefficient (Wildman–Crippen LogP) is -0.595. The Morgan fingerprint density at radius 2 is 2.00 bits per heavy atom. The summed E-state index contributed by atoms with van der Waals surface area (Å²) < 4.78 is 4.86. The van der Waals surface area contributed by atoms with Gasteiger partial charge in [0, 0.05) is 5.75 Å². The third-order valence-electron chi connectivity index (χ3n) is 0.539. The molecule has 1 rings (SSSR count). The van der Waals surface area contributed by atoms with Crippen LogP contribution in [0.1, 0.15) is 6.42 Å². The van der Waals surface area contributed by atoms with E-state index in [1.54, 1.807) is 12.0 Å². The van der Waals surface area contributed by atoms with Gasteiger partial charge in [0.2, 0.25) is 0 Å². The molecule has 0 radical (unpaired) electrons. The van der Waals surface area contributed by atoms with Crippen LogP contribution < -0.4 is 0 Å². The normalized spacial score (nSPS) is 17.1. The average Bonchev–Trinajstić information content (AvgIpc) is 1.76. The molecule has 0 spiro atoms. The van der Waals surface area contributed by atoms with Gasteiger partial charge in [0.25, 0.3) is 0 Å². The zero-order valence-electron chi connectivity index (χ0n) is 3.94. The molecule has 0 aliphatic carbocycles. The van der Waals surface area contributed by atoms with E-state index >= 15 is 0 Å². The molecule has 0 aromatic heterocycles. The van der Waals surface area contributed by atoms with Crippen molar-refractivity contribution in [2.45, 2.75) is 6.42 Å². The van der Waals surface area contributed by atoms with Crippen LogP contribution in [-0.4, -0.2) is 23.3 Å². The third-order valence-corrected chi connectivity index (χ3v) is 1.33. The summed E-state index contributed by atoms with van der Waals surface area (Å²) in [6.07, 6.45) is 1.24. The predicted molar refractivity (Wildman–Crippen MR) is 30.3 cm³/mol. The van der Waals surface area contributed by atoms with Crippen LogP contribution in [0.25, 0.3) is 0 Å². The molecule has 1 fully saturated rings. The van der Waals surface area contributed by atoms with Gasteiger partial charge in [-0.2, -0.15) is 0 Å². The van der Waals surface area contributed by atoms with E-state index < -0.39 is 0 Å². The Hall–Kier alpha value is 0.230. The Kier molecular flexibility index (Phi) is 9.13. The maximum Gasteiger partial charge on any atom is 0.0622 e. The fourth-order valence-corrected chi connectivity index (χ4v) is 0.884. The summed E-state index contributed by atoms with van der Waals surface area (Å²) >= 11 is 1.57. The highest BCUT2D eigenvalue weighted by Crippen LogP contribution is 2.11. The number of hydrogen-bond donors (Lipinski definition) is 0. The molecule has 0 aromatic carbocycles. The Morgan fingerprint density at radius 3 is 2.14 bits per heavy atom. The molecule has 1 aliphatic heterocycles. The van der Waals surface area contributed by atoms with Crippen LogP contribution in [0.2, 0.25) is 0 Å².